The smallest absolute Gasteiger partial charge is 0.212 e. The summed E-state index contributed by atoms with van der Waals surface area (Å²) >= 11 is 0. The van der Waals surface area contributed by atoms with Crippen LogP contribution in [0, 0.1) is 0 Å². The second-order valence-corrected chi connectivity index (χ2v) is 29.1. The number of sulfonamides is 3. The SMILES string of the molecule is CC(C)(C)N1CCCCS1(=O)=O.CC(C)(C)N1CCCS1(=O)=O.CC(C)(C)N1CCNS1(=O)=O.CC(C)(C)N1CCS1(=O)=O.CN1CCN(C(C)(C)C)S1(=O)=O. The molecule has 0 aromatic rings. The fourth-order valence-corrected chi connectivity index (χ4v) is 15.2. The molecule has 0 bridgehead atoms. The first-order chi connectivity index (χ1) is 24.6. The van der Waals surface area contributed by atoms with Crippen LogP contribution in [0.5, 0.6) is 0 Å². The van der Waals surface area contributed by atoms with Crippen molar-refractivity contribution in [2.45, 2.75) is 151 Å². The zero-order valence-corrected chi connectivity index (χ0v) is 41.1. The van der Waals surface area contributed by atoms with Gasteiger partial charge in [-0.15, -0.1) is 0 Å². The number of hydrogen-bond donors (Lipinski definition) is 1. The van der Waals surface area contributed by atoms with E-state index in [4.69, 9.17) is 0 Å². The van der Waals surface area contributed by atoms with Gasteiger partial charge in [-0.2, -0.15) is 42.7 Å². The molecule has 0 unspecified atom stereocenters. The Bertz CT molecular complexity index is 1790. The molecule has 0 atom stereocenters. The van der Waals surface area contributed by atoms with Gasteiger partial charge >= 0.3 is 0 Å². The summed E-state index contributed by atoms with van der Waals surface area (Å²) in [5.41, 5.74) is -1.32. The Morgan fingerprint density at radius 3 is 0.893 bits per heavy atom. The van der Waals surface area contributed by atoms with E-state index in [-0.39, 0.29) is 27.7 Å². The van der Waals surface area contributed by atoms with Gasteiger partial charge in [0, 0.05) is 80.6 Å². The molecular weight excluding hydrogens is 827 g/mol. The summed E-state index contributed by atoms with van der Waals surface area (Å²) in [4.78, 5) is 0. The minimum atomic E-state index is -3.16. The van der Waals surface area contributed by atoms with Crippen LogP contribution in [0.3, 0.4) is 0 Å². The molecule has 5 heterocycles. The average Bonchev–Trinajstić information content (AvgIpc) is 3.59. The van der Waals surface area contributed by atoms with Gasteiger partial charge in [0.2, 0.25) is 30.1 Å². The number of rotatable bonds is 0. The Labute approximate surface area is 342 Å². The lowest BCUT2D eigenvalue weighted by Crippen LogP contribution is -2.56. The lowest BCUT2D eigenvalue weighted by Gasteiger charge is -2.40. The first-order valence-electron chi connectivity index (χ1n) is 19.1. The third-order valence-corrected chi connectivity index (χ3v) is 19.9. The van der Waals surface area contributed by atoms with Gasteiger partial charge in [0.1, 0.15) is 0 Å². The summed E-state index contributed by atoms with van der Waals surface area (Å²) in [6.07, 6.45) is 2.59. The van der Waals surface area contributed by atoms with E-state index < -0.39 is 50.5 Å². The lowest BCUT2D eigenvalue weighted by molar-refractivity contribution is 0.232. The molecule has 5 rings (SSSR count). The van der Waals surface area contributed by atoms with E-state index in [1.807, 2.05) is 104 Å². The maximum Gasteiger partial charge on any atom is 0.282 e. The number of nitrogens with one attached hydrogen (secondary N) is 1. The fourth-order valence-electron chi connectivity index (χ4n) is 6.50. The third kappa shape index (κ3) is 15.2. The summed E-state index contributed by atoms with van der Waals surface area (Å²) in [5.74, 6) is 0.971. The van der Waals surface area contributed by atoms with Crippen molar-refractivity contribution < 1.29 is 42.1 Å². The van der Waals surface area contributed by atoms with Crippen molar-refractivity contribution in [3.63, 3.8) is 0 Å². The highest BCUT2D eigenvalue weighted by atomic mass is 32.2. The van der Waals surface area contributed by atoms with Crippen LogP contribution in [0.2, 0.25) is 0 Å². The van der Waals surface area contributed by atoms with Gasteiger partial charge < -0.3 is 0 Å². The monoisotopic (exact) mass is 901 g/mol. The van der Waals surface area contributed by atoms with Gasteiger partial charge in [0.25, 0.3) is 20.4 Å². The molecule has 336 valence electrons. The Morgan fingerprint density at radius 2 is 0.732 bits per heavy atom. The van der Waals surface area contributed by atoms with Gasteiger partial charge in [0.05, 0.1) is 17.3 Å². The van der Waals surface area contributed by atoms with E-state index in [1.165, 1.54) is 17.2 Å². The van der Waals surface area contributed by atoms with Crippen molar-refractivity contribution in [3.05, 3.63) is 0 Å². The largest absolute Gasteiger partial charge is 0.282 e. The van der Waals surface area contributed by atoms with Crippen molar-refractivity contribution in [3.8, 4) is 0 Å². The predicted molar refractivity (Wildman–Crippen MR) is 226 cm³/mol. The second kappa shape index (κ2) is 18.6. The Hall–Kier alpha value is -0.530. The minimum absolute atomic E-state index is 0.225. The Kier molecular flexibility index (Phi) is 17.8. The normalized spacial score (nSPS) is 25.9. The van der Waals surface area contributed by atoms with E-state index in [0.29, 0.717) is 63.1 Å². The highest BCUT2D eigenvalue weighted by Gasteiger charge is 2.42. The summed E-state index contributed by atoms with van der Waals surface area (Å²) in [6.45, 7) is 33.1. The lowest BCUT2D eigenvalue weighted by atomic mass is 10.1. The van der Waals surface area contributed by atoms with Gasteiger partial charge in [-0.05, 0) is 123 Å². The molecule has 0 aliphatic carbocycles. The van der Waals surface area contributed by atoms with E-state index in [9.17, 15) is 42.1 Å². The number of likely N-dealkylation sites (N-methyl/N-ethyl adjacent to an activating group) is 1. The average molecular weight is 902 g/mol. The van der Waals surface area contributed by atoms with Gasteiger partial charge in [-0.1, -0.05) is 0 Å². The van der Waals surface area contributed by atoms with Crippen LogP contribution in [-0.4, -0.2) is 166 Å². The topological polar surface area (TPSA) is 202 Å². The van der Waals surface area contributed by atoms with Crippen LogP contribution in [-0.2, 0) is 50.5 Å². The summed E-state index contributed by atoms with van der Waals surface area (Å²) in [6, 6.07) is 0. The zero-order valence-electron chi connectivity index (χ0n) is 37.0. The fraction of sp³-hybridized carbons (Fsp3) is 1.00. The quantitative estimate of drug-likeness (QED) is 0.377. The highest BCUT2D eigenvalue weighted by Crippen LogP contribution is 2.27. The van der Waals surface area contributed by atoms with Crippen LogP contribution < -0.4 is 4.72 Å². The van der Waals surface area contributed by atoms with E-state index in [2.05, 4.69) is 4.72 Å². The van der Waals surface area contributed by atoms with Crippen LogP contribution >= 0.6 is 0 Å². The molecular formula is C34H75N7O10S5. The molecule has 5 saturated heterocycles. The first kappa shape index (κ1) is 53.5. The molecule has 17 nitrogen and oxygen atoms in total. The molecule has 22 heteroatoms. The summed E-state index contributed by atoms with van der Waals surface area (Å²) < 4.78 is 125. The summed E-state index contributed by atoms with van der Waals surface area (Å²) in [7, 11) is -13.4. The number of nitrogens with zero attached hydrogens (tertiary/aromatic N) is 6. The Morgan fingerprint density at radius 1 is 0.375 bits per heavy atom. The van der Waals surface area contributed by atoms with Crippen LogP contribution in [0.1, 0.15) is 123 Å². The maximum absolute atomic E-state index is 11.6. The van der Waals surface area contributed by atoms with Gasteiger partial charge in [-0.3, -0.25) is 0 Å². The molecule has 0 radical (unpaired) electrons. The first-order valence-corrected chi connectivity index (χ1v) is 26.8. The van der Waals surface area contributed by atoms with E-state index >= 15 is 0 Å². The van der Waals surface area contributed by atoms with E-state index in [0.717, 1.165) is 19.3 Å². The molecule has 5 aliphatic heterocycles. The van der Waals surface area contributed by atoms with Crippen molar-refractivity contribution in [1.82, 2.24) is 30.6 Å². The maximum atomic E-state index is 11.6. The molecule has 56 heavy (non-hydrogen) atoms. The molecule has 0 amide bonds. The van der Waals surface area contributed by atoms with Crippen molar-refractivity contribution in [2.75, 3.05) is 70.1 Å². The van der Waals surface area contributed by atoms with Crippen LogP contribution in [0.15, 0.2) is 0 Å². The second-order valence-electron chi connectivity index (χ2n) is 19.5. The zero-order chi connectivity index (χ0) is 44.4. The molecule has 0 spiro atoms. The predicted octanol–water partition coefficient (Wildman–Crippen LogP) is 2.67. The highest BCUT2D eigenvalue weighted by molar-refractivity contribution is 7.90. The third-order valence-electron chi connectivity index (χ3n) is 9.26. The molecule has 1 N–H and O–H groups in total. The molecule has 5 aliphatic rings. The van der Waals surface area contributed by atoms with Crippen molar-refractivity contribution in [1.29, 1.82) is 0 Å². The Balaban J connectivity index is 0.000000350. The molecule has 0 aromatic heterocycles. The van der Waals surface area contributed by atoms with Crippen molar-refractivity contribution >= 4 is 50.5 Å². The van der Waals surface area contributed by atoms with Gasteiger partial charge in [0.15, 0.2) is 0 Å². The van der Waals surface area contributed by atoms with Crippen LogP contribution in [0.4, 0.5) is 0 Å². The minimum Gasteiger partial charge on any atom is -0.212 e. The number of hydrogen-bond acceptors (Lipinski definition) is 10. The molecule has 0 aromatic carbocycles. The summed E-state index contributed by atoms with van der Waals surface area (Å²) in [5, 5.41) is 0. The van der Waals surface area contributed by atoms with Crippen molar-refractivity contribution in [2.24, 2.45) is 0 Å². The van der Waals surface area contributed by atoms with E-state index in [1.54, 1.807) is 15.7 Å². The van der Waals surface area contributed by atoms with Crippen LogP contribution in [0.25, 0.3) is 0 Å². The molecule has 5 fully saturated rings. The molecule has 0 saturated carbocycles. The van der Waals surface area contributed by atoms with Gasteiger partial charge in [-0.25, -0.2) is 30.0 Å². The standard InChI is InChI=1S/C8H17NO2S.C7H16N2O2S.C7H15NO2S.C6H14N2O2S.C6H13NO2S/c1-8(2,3)9-6-4-5-7-12(9,10)11;1-7(2,3)9-6-5-8(4)12(9,10)11;1-7(2,3)8-5-4-6-11(8,9)10;1-6(2,3)8-5-4-7-11(8,9)10;1-6(2,3)7-4-5-10(7,8)9/h4-7H2,1-3H3;5-6H2,1-4H3;4-6H2,1-3H3;7H,4-5H2,1-3H3;4-5H2,1-3H3.